The maximum absolute atomic E-state index is 12.4. The molecule has 2 heterocycles. The maximum atomic E-state index is 12.4. The Morgan fingerprint density at radius 1 is 1.29 bits per heavy atom. The van der Waals surface area contributed by atoms with Crippen molar-refractivity contribution in [3.63, 3.8) is 0 Å². The number of carbonyl (C=O) groups is 1. The van der Waals surface area contributed by atoms with Crippen molar-refractivity contribution in [3.8, 4) is 0 Å². The number of amides is 1. The molecule has 0 fully saturated rings. The molecule has 0 saturated carbocycles. The van der Waals surface area contributed by atoms with Crippen LogP contribution in [0.5, 0.6) is 0 Å². The first-order valence-electron chi connectivity index (χ1n) is 6.90. The molecule has 3 rings (SSSR count). The molecule has 0 unspecified atom stereocenters. The molecule has 0 radical (unpaired) electrons. The summed E-state index contributed by atoms with van der Waals surface area (Å²) in [7, 11) is 0. The van der Waals surface area contributed by atoms with E-state index in [-0.39, 0.29) is 5.69 Å². The third kappa shape index (κ3) is 3.40. The number of nitrogens with one attached hydrogen (secondary N) is 1. The van der Waals surface area contributed by atoms with Crippen LogP contribution in [0.25, 0.3) is 0 Å². The second-order valence-corrected chi connectivity index (χ2v) is 6.43. The lowest BCUT2D eigenvalue weighted by atomic mass is 10.2. The van der Waals surface area contributed by atoms with Crippen LogP contribution >= 0.6 is 34.9 Å². The van der Waals surface area contributed by atoms with E-state index in [1.165, 1.54) is 0 Å². The van der Waals surface area contributed by atoms with E-state index in [0.29, 0.717) is 28.0 Å². The molecule has 0 saturated heterocycles. The van der Waals surface area contributed by atoms with Crippen LogP contribution < -0.4 is 5.32 Å². The van der Waals surface area contributed by atoms with Gasteiger partial charge < -0.3 is 5.32 Å². The molecule has 0 aliphatic rings. The summed E-state index contributed by atoms with van der Waals surface area (Å²) in [5.41, 5.74) is 2.90. The Bertz CT molecular complexity index is 907. The van der Waals surface area contributed by atoms with E-state index in [9.17, 15) is 4.79 Å². The summed E-state index contributed by atoms with van der Waals surface area (Å²) in [5.74, 6) is -0.406. The summed E-state index contributed by atoms with van der Waals surface area (Å²) in [5, 5.41) is 11.5. The molecule has 0 aliphatic carbocycles. The smallest absolute Gasteiger partial charge is 0.278 e. The highest BCUT2D eigenvalue weighted by Crippen LogP contribution is 2.26. The molecule has 0 bridgehead atoms. The number of anilines is 1. The van der Waals surface area contributed by atoms with Gasteiger partial charge in [0.15, 0.2) is 5.69 Å². The molecular weight excluding hydrogens is 371 g/mol. The lowest BCUT2D eigenvalue weighted by Crippen LogP contribution is -2.15. The van der Waals surface area contributed by atoms with E-state index in [4.69, 9.17) is 23.2 Å². The fourth-order valence-electron chi connectivity index (χ4n) is 2.03. The molecule has 124 valence electrons. The van der Waals surface area contributed by atoms with Crippen LogP contribution in [0.2, 0.25) is 10.0 Å². The second kappa shape index (κ2) is 6.84. The number of aromatic nitrogens is 5. The number of hydrogen-bond donors (Lipinski definition) is 1. The summed E-state index contributed by atoms with van der Waals surface area (Å²) in [6.07, 6.45) is 0. The van der Waals surface area contributed by atoms with Crippen LogP contribution in [-0.2, 0) is 6.54 Å². The minimum absolute atomic E-state index is 0.215. The van der Waals surface area contributed by atoms with Gasteiger partial charge in [-0.15, -0.1) is 5.10 Å². The third-order valence-electron chi connectivity index (χ3n) is 3.42. The largest absolute Gasteiger partial charge is 0.319 e. The van der Waals surface area contributed by atoms with Crippen LogP contribution in [-0.4, -0.2) is 29.6 Å². The summed E-state index contributed by atoms with van der Waals surface area (Å²) in [6.45, 7) is 4.05. The Labute approximate surface area is 151 Å². The number of aryl methyl sites for hydroxylation is 1. The fourth-order valence-corrected chi connectivity index (χ4v) is 2.92. The molecule has 10 heteroatoms. The zero-order valence-corrected chi connectivity index (χ0v) is 15.1. The summed E-state index contributed by atoms with van der Waals surface area (Å²) in [4.78, 5) is 12.4. The van der Waals surface area contributed by atoms with Crippen molar-refractivity contribution in [2.45, 2.75) is 20.4 Å². The quantitative estimate of drug-likeness (QED) is 0.747. The molecule has 0 spiro atoms. The highest BCUT2D eigenvalue weighted by Gasteiger charge is 2.19. The van der Waals surface area contributed by atoms with Crippen LogP contribution in [0.1, 0.15) is 27.6 Å². The predicted molar refractivity (Wildman–Crippen MR) is 92.9 cm³/mol. The van der Waals surface area contributed by atoms with Crippen LogP contribution in [0.4, 0.5) is 5.69 Å². The minimum Gasteiger partial charge on any atom is -0.319 e. The van der Waals surface area contributed by atoms with E-state index in [1.807, 2.05) is 6.92 Å². The van der Waals surface area contributed by atoms with Crippen LogP contribution in [0, 0.1) is 13.8 Å². The number of carbonyl (C=O) groups excluding carboxylic acids is 1. The molecule has 1 aromatic carbocycles. The number of hydrogen-bond acceptors (Lipinski definition) is 6. The zero-order chi connectivity index (χ0) is 17.3. The number of nitrogens with zero attached hydrogens (tertiary/aromatic N) is 5. The van der Waals surface area contributed by atoms with Gasteiger partial charge in [0.2, 0.25) is 0 Å². The second-order valence-electron chi connectivity index (χ2n) is 5.06. The van der Waals surface area contributed by atoms with Crippen molar-refractivity contribution in [1.29, 1.82) is 0 Å². The van der Waals surface area contributed by atoms with Crippen molar-refractivity contribution in [3.05, 3.63) is 51.0 Å². The first-order valence-corrected chi connectivity index (χ1v) is 8.39. The van der Waals surface area contributed by atoms with Gasteiger partial charge in [-0.3, -0.25) is 4.79 Å². The molecule has 0 atom stereocenters. The first kappa shape index (κ1) is 16.8. The topological polar surface area (TPSA) is 85.6 Å². The SMILES string of the molecule is Cc1nsnc1Cn1nnc(C(=O)Nc2cc(Cl)ccc2Cl)c1C. The van der Waals surface area contributed by atoms with Gasteiger partial charge in [-0.25, -0.2) is 4.68 Å². The van der Waals surface area contributed by atoms with Gasteiger partial charge in [0.05, 0.1) is 46.1 Å². The third-order valence-corrected chi connectivity index (χ3v) is 4.64. The Morgan fingerprint density at radius 3 is 2.79 bits per heavy atom. The van der Waals surface area contributed by atoms with Crippen LogP contribution in [0.3, 0.4) is 0 Å². The van der Waals surface area contributed by atoms with Gasteiger partial charge in [0.25, 0.3) is 5.91 Å². The van der Waals surface area contributed by atoms with E-state index in [2.05, 4.69) is 24.4 Å². The first-order chi connectivity index (χ1) is 11.5. The van der Waals surface area contributed by atoms with Gasteiger partial charge in [-0.1, -0.05) is 28.4 Å². The van der Waals surface area contributed by atoms with Crippen LogP contribution in [0.15, 0.2) is 18.2 Å². The lowest BCUT2D eigenvalue weighted by molar-refractivity contribution is 0.102. The molecule has 1 N–H and O–H groups in total. The molecule has 0 aliphatic heterocycles. The molecule has 2 aromatic heterocycles. The highest BCUT2D eigenvalue weighted by atomic mass is 35.5. The standard InChI is InChI=1S/C14H12Cl2N6OS/c1-7-12(20-24-19-7)6-22-8(2)13(18-21-22)14(23)17-11-5-9(15)3-4-10(11)16/h3-5H,6H2,1-2H3,(H,17,23). The predicted octanol–water partition coefficient (Wildman–Crippen LogP) is 3.35. The van der Waals surface area contributed by atoms with Gasteiger partial charge in [0, 0.05) is 5.02 Å². The lowest BCUT2D eigenvalue weighted by Gasteiger charge is -2.07. The van der Waals surface area contributed by atoms with Gasteiger partial charge in [-0.2, -0.15) is 8.75 Å². The monoisotopic (exact) mass is 382 g/mol. The Hall–Kier alpha value is -2.03. The maximum Gasteiger partial charge on any atom is 0.278 e. The molecule has 1 amide bonds. The molecule has 3 aromatic rings. The normalized spacial score (nSPS) is 10.8. The average Bonchev–Trinajstić information content (AvgIpc) is 3.10. The van der Waals surface area contributed by atoms with E-state index in [1.54, 1.807) is 29.8 Å². The van der Waals surface area contributed by atoms with Crippen molar-refractivity contribution in [2.24, 2.45) is 0 Å². The number of benzene rings is 1. The average molecular weight is 383 g/mol. The van der Waals surface area contributed by atoms with Crippen molar-refractivity contribution in [1.82, 2.24) is 23.7 Å². The van der Waals surface area contributed by atoms with Crippen molar-refractivity contribution in [2.75, 3.05) is 5.32 Å². The fraction of sp³-hybridized carbons (Fsp3) is 0.214. The Balaban J connectivity index is 1.81. The van der Waals surface area contributed by atoms with E-state index >= 15 is 0 Å². The van der Waals surface area contributed by atoms with Gasteiger partial charge in [0.1, 0.15) is 0 Å². The minimum atomic E-state index is -0.406. The summed E-state index contributed by atoms with van der Waals surface area (Å²) in [6, 6.07) is 4.83. The van der Waals surface area contributed by atoms with Gasteiger partial charge >= 0.3 is 0 Å². The highest BCUT2D eigenvalue weighted by molar-refractivity contribution is 6.99. The summed E-state index contributed by atoms with van der Waals surface area (Å²) >= 11 is 13.1. The van der Waals surface area contributed by atoms with Gasteiger partial charge in [-0.05, 0) is 32.0 Å². The molecular formula is C14H12Cl2N6OS. The summed E-state index contributed by atoms with van der Waals surface area (Å²) < 4.78 is 9.93. The van der Waals surface area contributed by atoms with Crippen molar-refractivity contribution >= 4 is 46.5 Å². The Morgan fingerprint density at radius 2 is 2.08 bits per heavy atom. The number of rotatable bonds is 4. The molecule has 24 heavy (non-hydrogen) atoms. The van der Waals surface area contributed by atoms with E-state index < -0.39 is 5.91 Å². The Kier molecular flexibility index (Phi) is 4.79. The number of halogens is 2. The van der Waals surface area contributed by atoms with E-state index in [0.717, 1.165) is 23.1 Å². The van der Waals surface area contributed by atoms with Crippen molar-refractivity contribution < 1.29 is 4.79 Å². The zero-order valence-electron chi connectivity index (χ0n) is 12.7. The molecule has 7 nitrogen and oxygen atoms in total.